The Kier molecular flexibility index (Phi) is 9.96. The predicted octanol–water partition coefficient (Wildman–Crippen LogP) is 2.20. The van der Waals surface area contributed by atoms with Crippen LogP contribution in [-0.2, 0) is 22.1 Å². The summed E-state index contributed by atoms with van der Waals surface area (Å²) in [6, 6.07) is 4.09. The molecule has 2 rings (SSSR count). The zero-order chi connectivity index (χ0) is 19.2. The first-order valence-corrected chi connectivity index (χ1v) is 11.0. The van der Waals surface area contributed by atoms with E-state index < -0.39 is 15.7 Å². The molecule has 0 heterocycles. The summed E-state index contributed by atoms with van der Waals surface area (Å²) in [5.74, 6) is 0.214. The van der Waals surface area contributed by atoms with Gasteiger partial charge in [-0.15, -0.1) is 24.0 Å². The normalized spacial score (nSPS) is 20.2. The second-order valence-corrected chi connectivity index (χ2v) is 8.96. The summed E-state index contributed by atoms with van der Waals surface area (Å²) in [7, 11) is -3.22. The molecule has 1 aliphatic carbocycles. The molecule has 0 amide bonds. The first kappa shape index (κ1) is 24.1. The van der Waals surface area contributed by atoms with Gasteiger partial charge < -0.3 is 15.7 Å². The van der Waals surface area contributed by atoms with Gasteiger partial charge in [0.1, 0.15) is 5.82 Å². The smallest absolute Gasteiger partial charge is 0.191 e. The van der Waals surface area contributed by atoms with Gasteiger partial charge in [-0.05, 0) is 43.0 Å². The van der Waals surface area contributed by atoms with Crippen LogP contribution in [0.1, 0.15) is 37.3 Å². The summed E-state index contributed by atoms with van der Waals surface area (Å²) in [6.07, 6.45) is 3.71. The highest BCUT2D eigenvalue weighted by Crippen LogP contribution is 2.24. The fourth-order valence-electron chi connectivity index (χ4n) is 3.15. The van der Waals surface area contributed by atoms with Crippen LogP contribution in [0.2, 0.25) is 0 Å². The van der Waals surface area contributed by atoms with E-state index in [1.54, 1.807) is 0 Å². The molecule has 154 valence electrons. The summed E-state index contributed by atoms with van der Waals surface area (Å²) < 4.78 is 36.8. The number of sulfone groups is 1. The molecule has 0 aliphatic heterocycles. The van der Waals surface area contributed by atoms with Crippen molar-refractivity contribution >= 4 is 39.8 Å². The van der Waals surface area contributed by atoms with Crippen LogP contribution >= 0.6 is 24.0 Å². The zero-order valence-corrected chi connectivity index (χ0v) is 18.9. The molecule has 1 aromatic carbocycles. The van der Waals surface area contributed by atoms with Crippen LogP contribution in [0.4, 0.5) is 4.39 Å². The first-order valence-electron chi connectivity index (χ1n) is 8.93. The number of rotatable bonds is 7. The lowest BCUT2D eigenvalue weighted by Crippen LogP contribution is -2.41. The van der Waals surface area contributed by atoms with Crippen molar-refractivity contribution in [3.05, 3.63) is 35.1 Å². The third kappa shape index (κ3) is 8.30. The van der Waals surface area contributed by atoms with E-state index in [1.165, 1.54) is 18.2 Å². The average molecular weight is 513 g/mol. The van der Waals surface area contributed by atoms with E-state index in [9.17, 15) is 17.9 Å². The Morgan fingerprint density at radius 1 is 1.30 bits per heavy atom. The fraction of sp³-hybridized carbons (Fsp3) is 0.611. The third-order valence-electron chi connectivity index (χ3n) is 4.49. The van der Waals surface area contributed by atoms with Gasteiger partial charge in [0.05, 0.1) is 18.4 Å². The van der Waals surface area contributed by atoms with E-state index >= 15 is 0 Å². The monoisotopic (exact) mass is 513 g/mol. The Hall–Kier alpha value is -0.940. The lowest BCUT2D eigenvalue weighted by Gasteiger charge is -2.18. The highest BCUT2D eigenvalue weighted by Gasteiger charge is 2.25. The molecule has 0 aromatic heterocycles. The van der Waals surface area contributed by atoms with E-state index in [1.807, 2.05) is 6.92 Å². The zero-order valence-electron chi connectivity index (χ0n) is 15.7. The Balaban J connectivity index is 0.00000364. The summed E-state index contributed by atoms with van der Waals surface area (Å²) in [5, 5.41) is 16.2. The lowest BCUT2D eigenvalue weighted by molar-refractivity contribution is 0.134. The molecule has 2 unspecified atom stereocenters. The quantitative estimate of drug-likeness (QED) is 0.296. The van der Waals surface area contributed by atoms with Crippen LogP contribution in [0.3, 0.4) is 0 Å². The van der Waals surface area contributed by atoms with Gasteiger partial charge in [0.25, 0.3) is 0 Å². The van der Waals surface area contributed by atoms with Gasteiger partial charge >= 0.3 is 0 Å². The van der Waals surface area contributed by atoms with Crippen molar-refractivity contribution in [3.8, 4) is 0 Å². The molecule has 0 saturated heterocycles. The number of benzene rings is 1. The Labute approximate surface area is 178 Å². The van der Waals surface area contributed by atoms with Crippen molar-refractivity contribution in [2.45, 2.75) is 44.6 Å². The van der Waals surface area contributed by atoms with Crippen molar-refractivity contribution in [1.29, 1.82) is 0 Å². The van der Waals surface area contributed by atoms with Crippen LogP contribution in [0.5, 0.6) is 0 Å². The van der Waals surface area contributed by atoms with Crippen molar-refractivity contribution < 1.29 is 17.9 Å². The number of hydrogen-bond donors (Lipinski definition) is 3. The molecule has 2 atom stereocenters. The number of aliphatic hydroxyl groups is 1. The molecule has 0 spiro atoms. The highest BCUT2D eigenvalue weighted by molar-refractivity contribution is 14.0. The third-order valence-corrected chi connectivity index (χ3v) is 5.32. The van der Waals surface area contributed by atoms with E-state index in [4.69, 9.17) is 0 Å². The fourth-order valence-corrected chi connectivity index (χ4v) is 4.00. The van der Waals surface area contributed by atoms with E-state index in [-0.39, 0.29) is 48.3 Å². The molecular weight excluding hydrogens is 484 g/mol. The first-order chi connectivity index (χ1) is 12.3. The Morgan fingerprint density at radius 3 is 2.63 bits per heavy atom. The topological polar surface area (TPSA) is 90.8 Å². The van der Waals surface area contributed by atoms with Gasteiger partial charge in [-0.25, -0.2) is 17.8 Å². The highest BCUT2D eigenvalue weighted by atomic mass is 127. The summed E-state index contributed by atoms with van der Waals surface area (Å²) in [5.41, 5.74) is 1.10. The van der Waals surface area contributed by atoms with Crippen molar-refractivity contribution in [3.63, 3.8) is 0 Å². The second kappa shape index (κ2) is 11.2. The maximum Gasteiger partial charge on any atom is 0.191 e. The molecule has 1 saturated carbocycles. The van der Waals surface area contributed by atoms with Crippen LogP contribution < -0.4 is 10.6 Å². The van der Waals surface area contributed by atoms with E-state index in [0.717, 1.165) is 25.5 Å². The molecule has 0 radical (unpaired) electrons. The molecule has 1 fully saturated rings. The maximum absolute atomic E-state index is 13.6. The van der Waals surface area contributed by atoms with Crippen LogP contribution in [0.25, 0.3) is 0 Å². The van der Waals surface area contributed by atoms with Crippen molar-refractivity contribution in [1.82, 2.24) is 10.6 Å². The van der Waals surface area contributed by atoms with Crippen molar-refractivity contribution in [2.24, 2.45) is 10.9 Å². The van der Waals surface area contributed by atoms with Crippen LogP contribution in [0, 0.1) is 11.7 Å². The second-order valence-electron chi connectivity index (χ2n) is 6.82. The molecular formula is C18H29FIN3O3S. The van der Waals surface area contributed by atoms with Crippen LogP contribution in [-0.4, -0.2) is 44.9 Å². The molecule has 9 heteroatoms. The number of aliphatic hydroxyl groups excluding tert-OH is 1. The van der Waals surface area contributed by atoms with E-state index in [2.05, 4.69) is 15.6 Å². The minimum atomic E-state index is -3.22. The van der Waals surface area contributed by atoms with E-state index in [0.29, 0.717) is 30.2 Å². The number of nitrogens with one attached hydrogen (secondary N) is 2. The predicted molar refractivity (Wildman–Crippen MR) is 117 cm³/mol. The van der Waals surface area contributed by atoms with Gasteiger partial charge in [0, 0.05) is 25.3 Å². The molecule has 6 nitrogen and oxygen atoms in total. The Morgan fingerprint density at radius 2 is 2.04 bits per heavy atom. The van der Waals surface area contributed by atoms with Gasteiger partial charge in [-0.2, -0.15) is 0 Å². The van der Waals surface area contributed by atoms with Gasteiger partial charge in [-0.3, -0.25) is 0 Å². The number of nitrogens with zero attached hydrogens (tertiary/aromatic N) is 1. The van der Waals surface area contributed by atoms with Crippen LogP contribution in [0.15, 0.2) is 23.2 Å². The summed E-state index contributed by atoms with van der Waals surface area (Å²) in [4.78, 5) is 4.45. The number of guanidine groups is 1. The number of hydrogen-bond acceptors (Lipinski definition) is 4. The molecule has 0 bridgehead atoms. The standard InChI is InChI=1S/C18H28FN3O3S.HI/c1-3-20-18(21-10-13-5-4-6-17(13)23)22-11-15-9-16(19)8-7-14(15)12-26(2,24)25;/h7-9,13,17,23H,3-6,10-12H2,1-2H3,(H2,20,21,22);1H. The lowest BCUT2D eigenvalue weighted by atomic mass is 10.1. The molecule has 3 N–H and O–H groups in total. The SMILES string of the molecule is CCNC(=NCc1cc(F)ccc1CS(C)(=O)=O)NCC1CCCC1O.I. The maximum atomic E-state index is 13.6. The summed E-state index contributed by atoms with van der Waals surface area (Å²) >= 11 is 0. The molecule has 1 aromatic rings. The number of aliphatic imine (C=N–C) groups is 1. The van der Waals surface area contributed by atoms with Gasteiger partial charge in [-0.1, -0.05) is 12.5 Å². The van der Waals surface area contributed by atoms with Gasteiger partial charge in [0.15, 0.2) is 15.8 Å². The summed E-state index contributed by atoms with van der Waals surface area (Å²) in [6.45, 7) is 3.40. The van der Waals surface area contributed by atoms with Crippen molar-refractivity contribution in [2.75, 3.05) is 19.3 Å². The largest absolute Gasteiger partial charge is 0.393 e. The Bertz CT molecular complexity index is 743. The minimum Gasteiger partial charge on any atom is -0.393 e. The molecule has 27 heavy (non-hydrogen) atoms. The average Bonchev–Trinajstić information content (AvgIpc) is 2.96. The number of halogens is 2. The minimum absolute atomic E-state index is 0. The van der Waals surface area contributed by atoms with Gasteiger partial charge in [0.2, 0.25) is 0 Å². The molecule has 1 aliphatic rings.